The van der Waals surface area contributed by atoms with Gasteiger partial charge >= 0.3 is 5.69 Å². The molecule has 0 amide bonds. The molecule has 0 radical (unpaired) electrons. The zero-order valence-corrected chi connectivity index (χ0v) is 11.2. The molecule has 0 aliphatic carbocycles. The maximum Gasteiger partial charge on any atom is 0.329 e. The fourth-order valence-corrected chi connectivity index (χ4v) is 1.86. The van der Waals surface area contributed by atoms with E-state index in [1.54, 1.807) is 0 Å². The molecule has 0 atom stereocenters. The van der Waals surface area contributed by atoms with Crippen molar-refractivity contribution in [1.82, 2.24) is 9.97 Å². The molecule has 7 heteroatoms. The summed E-state index contributed by atoms with van der Waals surface area (Å²) in [7, 11) is 0. The van der Waals surface area contributed by atoms with Gasteiger partial charge in [0.25, 0.3) is 0 Å². The summed E-state index contributed by atoms with van der Waals surface area (Å²) in [5.74, 6) is 0.354. The summed E-state index contributed by atoms with van der Waals surface area (Å²) >= 11 is 0. The van der Waals surface area contributed by atoms with E-state index in [1.165, 1.54) is 0 Å². The van der Waals surface area contributed by atoms with Crippen LogP contribution in [0.1, 0.15) is 25.3 Å². The summed E-state index contributed by atoms with van der Waals surface area (Å²) in [6.45, 7) is 4.09. The Bertz CT molecular complexity index is 642. The van der Waals surface area contributed by atoms with Crippen LogP contribution in [0.5, 0.6) is 0 Å². The zero-order chi connectivity index (χ0) is 14.7. The van der Waals surface area contributed by atoms with Gasteiger partial charge in [0.1, 0.15) is 6.20 Å². The smallest absolute Gasteiger partial charge is 0.329 e. The van der Waals surface area contributed by atoms with E-state index in [0.717, 1.165) is 17.4 Å². The summed E-state index contributed by atoms with van der Waals surface area (Å²) in [6.07, 6.45) is 1.10. The molecule has 1 aromatic carbocycles. The first-order valence-corrected chi connectivity index (χ1v) is 6.12. The van der Waals surface area contributed by atoms with Gasteiger partial charge in [0.05, 0.1) is 4.92 Å². The highest BCUT2D eigenvalue weighted by Gasteiger charge is 2.18. The van der Waals surface area contributed by atoms with Gasteiger partial charge in [-0.3, -0.25) is 10.1 Å². The average molecular weight is 273 g/mol. The number of hydrogen-bond acceptors (Lipinski definition) is 6. The molecule has 20 heavy (non-hydrogen) atoms. The number of nitrogens with one attached hydrogen (secondary N) is 1. The van der Waals surface area contributed by atoms with Crippen molar-refractivity contribution >= 4 is 23.1 Å². The van der Waals surface area contributed by atoms with Gasteiger partial charge in [0.15, 0.2) is 0 Å². The van der Waals surface area contributed by atoms with Crippen molar-refractivity contribution in [3.05, 3.63) is 46.1 Å². The molecular formula is C13H15N5O2. The lowest BCUT2D eigenvalue weighted by atomic mass is 10.0. The summed E-state index contributed by atoms with van der Waals surface area (Å²) in [6, 6.07) is 7.58. The number of nitrogens with two attached hydrogens (primary N) is 1. The average Bonchev–Trinajstić information content (AvgIpc) is 2.38. The summed E-state index contributed by atoms with van der Waals surface area (Å²) in [5, 5.41) is 14.0. The first-order chi connectivity index (χ1) is 9.49. The zero-order valence-electron chi connectivity index (χ0n) is 11.2. The van der Waals surface area contributed by atoms with Crippen molar-refractivity contribution in [2.24, 2.45) is 0 Å². The predicted molar refractivity (Wildman–Crippen MR) is 76.9 cm³/mol. The molecule has 0 saturated carbocycles. The molecule has 0 fully saturated rings. The molecule has 0 bridgehead atoms. The van der Waals surface area contributed by atoms with E-state index in [0.29, 0.717) is 0 Å². The molecule has 3 N–H and O–H groups in total. The maximum atomic E-state index is 11.0. The number of nitrogens with zero attached hydrogens (tertiary/aromatic N) is 3. The van der Waals surface area contributed by atoms with Crippen LogP contribution in [0.25, 0.3) is 0 Å². The summed E-state index contributed by atoms with van der Waals surface area (Å²) in [5.41, 5.74) is 7.09. The Labute approximate surface area is 116 Å². The van der Waals surface area contributed by atoms with Crippen molar-refractivity contribution in [3.8, 4) is 0 Å². The third-order valence-electron chi connectivity index (χ3n) is 2.82. The number of nitrogen functional groups attached to an aromatic ring is 1. The molecule has 2 rings (SSSR count). The van der Waals surface area contributed by atoms with Crippen molar-refractivity contribution < 1.29 is 4.92 Å². The number of nitro groups is 1. The van der Waals surface area contributed by atoms with Crippen LogP contribution >= 0.6 is 0 Å². The second-order valence-corrected chi connectivity index (χ2v) is 4.59. The molecule has 2 aromatic rings. The molecule has 0 aliphatic rings. The van der Waals surface area contributed by atoms with Crippen LogP contribution in [0.15, 0.2) is 30.5 Å². The van der Waals surface area contributed by atoms with Crippen LogP contribution in [0.2, 0.25) is 0 Å². The van der Waals surface area contributed by atoms with Crippen molar-refractivity contribution in [2.45, 2.75) is 19.8 Å². The Balaban J connectivity index is 2.45. The monoisotopic (exact) mass is 273 g/mol. The number of rotatable bonds is 4. The Morgan fingerprint density at radius 1 is 1.35 bits per heavy atom. The molecule has 104 valence electrons. The van der Waals surface area contributed by atoms with Gasteiger partial charge in [-0.2, -0.15) is 4.98 Å². The summed E-state index contributed by atoms with van der Waals surface area (Å²) in [4.78, 5) is 18.0. The van der Waals surface area contributed by atoms with E-state index < -0.39 is 4.92 Å². The Morgan fingerprint density at radius 2 is 2.05 bits per heavy atom. The molecule has 1 aromatic heterocycles. The fraction of sp³-hybridized carbons (Fsp3) is 0.231. The van der Waals surface area contributed by atoms with E-state index in [4.69, 9.17) is 5.73 Å². The lowest BCUT2D eigenvalue weighted by Crippen LogP contribution is -2.05. The van der Waals surface area contributed by atoms with Crippen LogP contribution < -0.4 is 11.1 Å². The molecular weight excluding hydrogens is 258 g/mol. The van der Waals surface area contributed by atoms with Crippen molar-refractivity contribution in [3.63, 3.8) is 0 Å². The van der Waals surface area contributed by atoms with E-state index in [2.05, 4.69) is 15.3 Å². The highest BCUT2D eigenvalue weighted by Crippen LogP contribution is 2.30. The Hall–Kier alpha value is -2.70. The Morgan fingerprint density at radius 3 is 2.70 bits per heavy atom. The second kappa shape index (κ2) is 5.52. The third-order valence-corrected chi connectivity index (χ3v) is 2.82. The highest BCUT2D eigenvalue weighted by atomic mass is 16.6. The SMILES string of the molecule is CC(C)c1ccccc1Nc1nc(N)ncc1[N+](=O)[O-]. The number of anilines is 3. The quantitative estimate of drug-likeness (QED) is 0.655. The van der Waals surface area contributed by atoms with Gasteiger partial charge in [-0.15, -0.1) is 0 Å². The molecule has 7 nitrogen and oxygen atoms in total. The van der Waals surface area contributed by atoms with E-state index >= 15 is 0 Å². The standard InChI is InChI=1S/C13H15N5O2/c1-8(2)9-5-3-4-6-10(9)16-12-11(18(19)20)7-15-13(14)17-12/h3-8H,1-2H3,(H3,14,15,16,17). The fourth-order valence-electron chi connectivity index (χ4n) is 1.86. The minimum absolute atomic E-state index is 0.0138. The maximum absolute atomic E-state index is 11.0. The topological polar surface area (TPSA) is 107 Å². The molecule has 1 heterocycles. The van der Waals surface area contributed by atoms with Crippen molar-refractivity contribution in [1.29, 1.82) is 0 Å². The first-order valence-electron chi connectivity index (χ1n) is 6.12. The van der Waals surface area contributed by atoms with Gasteiger partial charge in [0.2, 0.25) is 11.8 Å². The number of aromatic nitrogens is 2. The second-order valence-electron chi connectivity index (χ2n) is 4.59. The lowest BCUT2D eigenvalue weighted by Gasteiger charge is -2.14. The first kappa shape index (κ1) is 13.7. The Kier molecular flexibility index (Phi) is 3.79. The van der Waals surface area contributed by atoms with Gasteiger partial charge in [-0.05, 0) is 17.5 Å². The molecule has 0 aliphatic heterocycles. The van der Waals surface area contributed by atoms with Crippen LogP contribution in [0.3, 0.4) is 0 Å². The molecule has 0 unspecified atom stereocenters. The number of benzene rings is 1. The largest absolute Gasteiger partial charge is 0.368 e. The number of hydrogen-bond donors (Lipinski definition) is 2. The normalized spacial score (nSPS) is 10.6. The van der Waals surface area contributed by atoms with Crippen LogP contribution in [-0.2, 0) is 0 Å². The van der Waals surface area contributed by atoms with Crippen molar-refractivity contribution in [2.75, 3.05) is 11.1 Å². The van der Waals surface area contributed by atoms with Gasteiger partial charge < -0.3 is 11.1 Å². The van der Waals surface area contributed by atoms with Crippen LogP contribution in [0, 0.1) is 10.1 Å². The lowest BCUT2D eigenvalue weighted by molar-refractivity contribution is -0.384. The van der Waals surface area contributed by atoms with Crippen LogP contribution in [0.4, 0.5) is 23.1 Å². The predicted octanol–water partition coefficient (Wildman–Crippen LogP) is 2.83. The van der Waals surface area contributed by atoms with Crippen LogP contribution in [-0.4, -0.2) is 14.9 Å². The number of para-hydroxylation sites is 1. The minimum atomic E-state index is -0.542. The van der Waals surface area contributed by atoms with Gasteiger partial charge in [-0.1, -0.05) is 32.0 Å². The minimum Gasteiger partial charge on any atom is -0.368 e. The van der Waals surface area contributed by atoms with E-state index in [-0.39, 0.29) is 23.4 Å². The van der Waals surface area contributed by atoms with E-state index in [9.17, 15) is 10.1 Å². The molecule has 0 spiro atoms. The van der Waals surface area contributed by atoms with E-state index in [1.807, 2.05) is 38.1 Å². The van der Waals surface area contributed by atoms with Gasteiger partial charge in [0, 0.05) is 5.69 Å². The molecule has 0 saturated heterocycles. The highest BCUT2D eigenvalue weighted by molar-refractivity contribution is 5.68. The summed E-state index contributed by atoms with van der Waals surface area (Å²) < 4.78 is 0. The van der Waals surface area contributed by atoms with Gasteiger partial charge in [-0.25, -0.2) is 4.98 Å². The third kappa shape index (κ3) is 2.82.